The van der Waals surface area contributed by atoms with E-state index in [1.807, 2.05) is 23.9 Å². The van der Waals surface area contributed by atoms with Gasteiger partial charge in [-0.25, -0.2) is 9.97 Å². The van der Waals surface area contributed by atoms with Crippen LogP contribution in [0.15, 0.2) is 18.5 Å². The summed E-state index contributed by atoms with van der Waals surface area (Å²) in [5.41, 5.74) is 7.82. The first-order valence-corrected chi connectivity index (χ1v) is 5.93. The molecule has 1 fully saturated rings. The summed E-state index contributed by atoms with van der Waals surface area (Å²) < 4.78 is 1.86. The van der Waals surface area contributed by atoms with Gasteiger partial charge in [0, 0.05) is 30.4 Å². The Hall–Kier alpha value is -1.91. The molecule has 1 aliphatic rings. The molecule has 0 atom stereocenters. The number of hydrogen-bond acceptors (Lipinski definition) is 4. The number of aryl methyl sites for hydroxylation is 1. The molecule has 1 saturated carbocycles. The minimum atomic E-state index is 0.543. The number of rotatable bonds is 3. The van der Waals surface area contributed by atoms with Crippen LogP contribution in [-0.4, -0.2) is 19.7 Å². The third kappa shape index (κ3) is 2.00. The smallest absolute Gasteiger partial charge is 0.164 e. The van der Waals surface area contributed by atoms with Crippen molar-refractivity contribution in [3.05, 3.63) is 24.2 Å². The van der Waals surface area contributed by atoms with E-state index in [-0.39, 0.29) is 0 Å². The van der Waals surface area contributed by atoms with Crippen LogP contribution < -0.4 is 5.73 Å². The summed E-state index contributed by atoms with van der Waals surface area (Å²) >= 11 is 0. The zero-order valence-corrected chi connectivity index (χ0v) is 9.80. The summed E-state index contributed by atoms with van der Waals surface area (Å²) in [7, 11) is 0. The fraction of sp³-hybridized carbons (Fsp3) is 0.417. The lowest BCUT2D eigenvalue weighted by Gasteiger charge is -2.02. The van der Waals surface area contributed by atoms with Crippen LogP contribution in [0.3, 0.4) is 0 Å². The second-order valence-electron chi connectivity index (χ2n) is 4.40. The molecule has 2 N–H and O–H groups in total. The van der Waals surface area contributed by atoms with Crippen molar-refractivity contribution < 1.29 is 0 Å². The number of hydrogen-bond donors (Lipinski definition) is 1. The second-order valence-corrected chi connectivity index (χ2v) is 4.40. The van der Waals surface area contributed by atoms with Gasteiger partial charge in [-0.3, -0.25) is 4.68 Å². The Morgan fingerprint density at radius 1 is 1.41 bits per heavy atom. The largest absolute Gasteiger partial charge is 0.384 e. The van der Waals surface area contributed by atoms with Crippen LogP contribution in [0.25, 0.3) is 11.4 Å². The zero-order valence-electron chi connectivity index (χ0n) is 9.80. The van der Waals surface area contributed by atoms with E-state index in [0.717, 1.165) is 17.8 Å². The van der Waals surface area contributed by atoms with Crippen molar-refractivity contribution in [2.24, 2.45) is 0 Å². The van der Waals surface area contributed by atoms with Gasteiger partial charge in [-0.2, -0.15) is 5.10 Å². The molecule has 0 aliphatic heterocycles. The van der Waals surface area contributed by atoms with Crippen molar-refractivity contribution in [2.75, 3.05) is 5.73 Å². The molecule has 3 rings (SSSR count). The molecule has 0 radical (unpaired) electrons. The molecule has 0 bridgehead atoms. The van der Waals surface area contributed by atoms with Crippen molar-refractivity contribution in [2.45, 2.75) is 32.2 Å². The highest BCUT2D eigenvalue weighted by Crippen LogP contribution is 2.39. The summed E-state index contributed by atoms with van der Waals surface area (Å²) in [5, 5.41) is 4.23. The number of nitrogens with two attached hydrogens (primary N) is 1. The normalized spacial score (nSPS) is 15.1. The van der Waals surface area contributed by atoms with E-state index in [0.29, 0.717) is 17.6 Å². The Morgan fingerprint density at radius 3 is 2.88 bits per heavy atom. The van der Waals surface area contributed by atoms with Crippen molar-refractivity contribution >= 4 is 5.82 Å². The van der Waals surface area contributed by atoms with Crippen molar-refractivity contribution in [3.8, 4) is 11.4 Å². The van der Waals surface area contributed by atoms with Gasteiger partial charge in [0.1, 0.15) is 5.82 Å². The lowest BCUT2D eigenvalue weighted by molar-refractivity contribution is 0.660. The summed E-state index contributed by atoms with van der Waals surface area (Å²) in [4.78, 5) is 8.84. The lowest BCUT2D eigenvalue weighted by atomic mass is 10.2. The maximum Gasteiger partial charge on any atom is 0.164 e. The van der Waals surface area contributed by atoms with E-state index in [1.54, 1.807) is 6.20 Å². The Balaban J connectivity index is 2.01. The average Bonchev–Trinajstić information content (AvgIpc) is 3.06. The van der Waals surface area contributed by atoms with Crippen LogP contribution in [0.5, 0.6) is 0 Å². The lowest BCUT2D eigenvalue weighted by Crippen LogP contribution is -1.99. The van der Waals surface area contributed by atoms with Gasteiger partial charge in [0.05, 0.1) is 11.8 Å². The highest BCUT2D eigenvalue weighted by molar-refractivity contribution is 5.55. The van der Waals surface area contributed by atoms with Gasteiger partial charge in [-0.05, 0) is 19.8 Å². The van der Waals surface area contributed by atoms with Gasteiger partial charge in [0.25, 0.3) is 0 Å². The molecule has 1 aliphatic carbocycles. The van der Waals surface area contributed by atoms with Gasteiger partial charge in [0.2, 0.25) is 0 Å². The third-order valence-corrected chi connectivity index (χ3v) is 2.98. The van der Waals surface area contributed by atoms with Crippen molar-refractivity contribution in [1.82, 2.24) is 19.7 Å². The van der Waals surface area contributed by atoms with E-state index >= 15 is 0 Å². The molecule has 2 heterocycles. The average molecular weight is 229 g/mol. The maximum absolute atomic E-state index is 5.82. The first-order valence-electron chi connectivity index (χ1n) is 5.93. The highest BCUT2D eigenvalue weighted by atomic mass is 15.3. The minimum absolute atomic E-state index is 0.543. The molecule has 2 aromatic rings. The van der Waals surface area contributed by atoms with E-state index in [9.17, 15) is 0 Å². The van der Waals surface area contributed by atoms with Gasteiger partial charge in [-0.1, -0.05) is 0 Å². The third-order valence-electron chi connectivity index (χ3n) is 2.98. The van der Waals surface area contributed by atoms with Crippen molar-refractivity contribution in [1.29, 1.82) is 0 Å². The van der Waals surface area contributed by atoms with Gasteiger partial charge in [-0.15, -0.1) is 0 Å². The van der Waals surface area contributed by atoms with Crippen LogP contribution >= 0.6 is 0 Å². The first kappa shape index (κ1) is 10.3. The SMILES string of the molecule is CCn1cc(-c2nc(N)cc(C3CC3)n2)cn1. The molecule has 0 spiro atoms. The van der Waals surface area contributed by atoms with Crippen molar-refractivity contribution in [3.63, 3.8) is 0 Å². The molecule has 0 saturated heterocycles. The molecule has 5 heteroatoms. The standard InChI is InChI=1S/C12H15N5/c1-2-17-7-9(6-14-17)12-15-10(8-3-4-8)5-11(13)16-12/h5-8H,2-4H2,1H3,(H2,13,15,16). The highest BCUT2D eigenvalue weighted by Gasteiger charge is 2.26. The van der Waals surface area contributed by atoms with E-state index in [2.05, 4.69) is 15.1 Å². The first-order chi connectivity index (χ1) is 8.26. The summed E-state index contributed by atoms with van der Waals surface area (Å²) in [5.74, 6) is 1.81. The molecule has 2 aromatic heterocycles. The Labute approximate surface area is 99.7 Å². The fourth-order valence-corrected chi connectivity index (χ4v) is 1.85. The molecule has 5 nitrogen and oxygen atoms in total. The Bertz CT molecular complexity index is 542. The fourth-order valence-electron chi connectivity index (χ4n) is 1.85. The van der Waals surface area contributed by atoms with E-state index in [1.165, 1.54) is 12.8 Å². The van der Waals surface area contributed by atoms with Gasteiger partial charge in [0.15, 0.2) is 5.82 Å². The predicted molar refractivity (Wildman–Crippen MR) is 65.3 cm³/mol. The topological polar surface area (TPSA) is 69.6 Å². The zero-order chi connectivity index (χ0) is 11.8. The van der Waals surface area contributed by atoms with E-state index < -0.39 is 0 Å². The number of nitrogens with zero attached hydrogens (tertiary/aromatic N) is 4. The molecule has 0 aromatic carbocycles. The van der Waals surface area contributed by atoms with Crippen LogP contribution in [-0.2, 0) is 6.54 Å². The van der Waals surface area contributed by atoms with Crippen LogP contribution in [0, 0.1) is 0 Å². The quantitative estimate of drug-likeness (QED) is 0.871. The maximum atomic E-state index is 5.82. The number of anilines is 1. The molecular weight excluding hydrogens is 214 g/mol. The Kier molecular flexibility index (Phi) is 2.31. The Morgan fingerprint density at radius 2 is 2.24 bits per heavy atom. The molecule has 0 unspecified atom stereocenters. The molecule has 17 heavy (non-hydrogen) atoms. The molecule has 88 valence electrons. The number of aromatic nitrogens is 4. The monoisotopic (exact) mass is 229 g/mol. The van der Waals surface area contributed by atoms with Crippen LogP contribution in [0.4, 0.5) is 5.82 Å². The number of nitrogen functional groups attached to an aromatic ring is 1. The minimum Gasteiger partial charge on any atom is -0.384 e. The summed E-state index contributed by atoms with van der Waals surface area (Å²) in [6.07, 6.45) is 6.16. The van der Waals surface area contributed by atoms with Crippen LogP contribution in [0.1, 0.15) is 31.4 Å². The predicted octanol–water partition coefficient (Wildman–Crippen LogP) is 1.82. The van der Waals surface area contributed by atoms with Gasteiger partial charge < -0.3 is 5.73 Å². The summed E-state index contributed by atoms with van der Waals surface area (Å²) in [6, 6.07) is 1.88. The second kappa shape index (κ2) is 3.84. The molecular formula is C12H15N5. The summed E-state index contributed by atoms with van der Waals surface area (Å²) in [6.45, 7) is 2.89. The van der Waals surface area contributed by atoms with Crippen LogP contribution in [0.2, 0.25) is 0 Å². The van der Waals surface area contributed by atoms with Gasteiger partial charge >= 0.3 is 0 Å². The van der Waals surface area contributed by atoms with E-state index in [4.69, 9.17) is 5.73 Å². The molecule has 0 amide bonds.